The minimum Gasteiger partial charge on any atom is -0.465 e. The van der Waals surface area contributed by atoms with Crippen molar-refractivity contribution in [3.63, 3.8) is 0 Å². The second-order valence-corrected chi connectivity index (χ2v) is 10.6. The van der Waals surface area contributed by atoms with Gasteiger partial charge in [-0.15, -0.1) is 11.3 Å². The maximum Gasteiger partial charge on any atom is 0.337 e. The Labute approximate surface area is 222 Å². The lowest BCUT2D eigenvalue weighted by Crippen LogP contribution is -2.38. The predicted octanol–water partition coefficient (Wildman–Crippen LogP) is 6.62. The van der Waals surface area contributed by atoms with Crippen LogP contribution in [0.3, 0.4) is 0 Å². The molecule has 0 spiro atoms. The number of anilines is 1. The van der Waals surface area contributed by atoms with Crippen molar-refractivity contribution in [2.45, 2.75) is 38.3 Å². The number of amides is 2. The zero-order chi connectivity index (χ0) is 26.4. The third-order valence-electron chi connectivity index (χ3n) is 7.18. The van der Waals surface area contributed by atoms with Crippen molar-refractivity contribution in [1.29, 1.82) is 0 Å². The molecule has 0 unspecified atom stereocenters. The van der Waals surface area contributed by atoms with Gasteiger partial charge in [0.2, 0.25) is 0 Å². The Morgan fingerprint density at radius 2 is 1.79 bits per heavy atom. The molecule has 9 heteroatoms. The van der Waals surface area contributed by atoms with Gasteiger partial charge in [-0.1, -0.05) is 6.07 Å². The fourth-order valence-corrected chi connectivity index (χ4v) is 6.91. The standard InChI is InChI=1S/C29H25F2N3O3S/c1-37-28(35)17-6-4-7-21(14-17)32-29(36)34-16-23-22-8-2-3-10-25(22)38-27(23)33-11-5-9-24(33)26(34)18-12-19(30)15-20(31)13-18/h4-7,9,11-15,26H,2-3,8,10,16H2,1H3,(H,32,36)/t26-/m0/s1. The number of carbonyl (C=O) groups excluding carboxylic acids is 2. The van der Waals surface area contributed by atoms with Gasteiger partial charge in [0.05, 0.1) is 24.9 Å². The highest BCUT2D eigenvalue weighted by molar-refractivity contribution is 7.15. The monoisotopic (exact) mass is 533 g/mol. The number of fused-ring (bicyclic) bond motifs is 5. The van der Waals surface area contributed by atoms with E-state index >= 15 is 0 Å². The van der Waals surface area contributed by atoms with Crippen LogP contribution in [0.4, 0.5) is 19.3 Å². The molecular formula is C29H25F2N3O3S. The summed E-state index contributed by atoms with van der Waals surface area (Å²) in [5.41, 5.74) is 4.13. The number of rotatable bonds is 3. The Morgan fingerprint density at radius 1 is 1.00 bits per heavy atom. The number of aryl methyl sites for hydroxylation is 1. The van der Waals surface area contributed by atoms with Gasteiger partial charge in [-0.2, -0.15) is 0 Å². The van der Waals surface area contributed by atoms with Crippen LogP contribution in [0, 0.1) is 11.6 Å². The van der Waals surface area contributed by atoms with Crippen molar-refractivity contribution >= 4 is 29.0 Å². The summed E-state index contributed by atoms with van der Waals surface area (Å²) >= 11 is 1.73. The van der Waals surface area contributed by atoms with Crippen molar-refractivity contribution in [2.75, 3.05) is 12.4 Å². The summed E-state index contributed by atoms with van der Waals surface area (Å²) in [7, 11) is 1.29. The number of hydrogen-bond acceptors (Lipinski definition) is 4. The van der Waals surface area contributed by atoms with Gasteiger partial charge < -0.3 is 19.5 Å². The summed E-state index contributed by atoms with van der Waals surface area (Å²) in [4.78, 5) is 29.0. The molecule has 194 valence electrons. The minimum atomic E-state index is -0.752. The SMILES string of the molecule is COC(=O)c1cccc(NC(=O)N2Cc3c(sc4c3CCCC4)-n3cccc3[C@@H]2c2cc(F)cc(F)c2)c1. The normalized spacial score (nSPS) is 16.2. The second-order valence-electron chi connectivity index (χ2n) is 9.53. The molecule has 1 atom stereocenters. The summed E-state index contributed by atoms with van der Waals surface area (Å²) in [5, 5.41) is 3.94. The van der Waals surface area contributed by atoms with Crippen LogP contribution in [0.1, 0.15) is 56.5 Å². The van der Waals surface area contributed by atoms with Crippen LogP contribution in [-0.4, -0.2) is 28.6 Å². The van der Waals surface area contributed by atoms with Gasteiger partial charge in [-0.05, 0) is 79.3 Å². The van der Waals surface area contributed by atoms with Crippen LogP contribution in [0.15, 0.2) is 60.8 Å². The Morgan fingerprint density at radius 3 is 2.58 bits per heavy atom. The third kappa shape index (κ3) is 4.26. The zero-order valence-corrected chi connectivity index (χ0v) is 21.5. The van der Waals surface area contributed by atoms with E-state index in [1.54, 1.807) is 40.5 Å². The number of nitrogens with one attached hydrogen (secondary N) is 1. The number of urea groups is 1. The highest BCUT2D eigenvalue weighted by Crippen LogP contribution is 2.44. The predicted molar refractivity (Wildman–Crippen MR) is 141 cm³/mol. The Bertz CT molecular complexity index is 1540. The van der Waals surface area contributed by atoms with Crippen LogP contribution in [0.25, 0.3) is 5.00 Å². The molecule has 1 aliphatic heterocycles. The largest absolute Gasteiger partial charge is 0.465 e. The molecule has 38 heavy (non-hydrogen) atoms. The number of halogens is 2. The van der Waals surface area contributed by atoms with Gasteiger partial charge in [0.15, 0.2) is 0 Å². The van der Waals surface area contributed by atoms with E-state index < -0.39 is 29.7 Å². The number of carbonyl (C=O) groups is 2. The van der Waals surface area contributed by atoms with Crippen LogP contribution < -0.4 is 5.32 Å². The van der Waals surface area contributed by atoms with Crippen LogP contribution in [0.5, 0.6) is 0 Å². The maximum absolute atomic E-state index is 14.4. The lowest BCUT2D eigenvalue weighted by molar-refractivity contribution is 0.0600. The smallest absolute Gasteiger partial charge is 0.337 e. The molecule has 1 aliphatic carbocycles. The molecule has 0 bridgehead atoms. The summed E-state index contributed by atoms with van der Waals surface area (Å²) < 4.78 is 35.7. The molecule has 1 N–H and O–H groups in total. The van der Waals surface area contributed by atoms with Gasteiger partial charge in [-0.25, -0.2) is 18.4 Å². The van der Waals surface area contributed by atoms with Crippen LogP contribution in [-0.2, 0) is 24.1 Å². The number of benzene rings is 2. The average Bonchev–Trinajstić information content (AvgIpc) is 3.49. The van der Waals surface area contributed by atoms with E-state index in [0.29, 0.717) is 16.8 Å². The molecule has 0 fully saturated rings. The Kier molecular flexibility index (Phi) is 6.23. The molecule has 4 aromatic rings. The number of methoxy groups -OCH3 is 1. The first-order chi connectivity index (χ1) is 18.4. The molecule has 2 aromatic carbocycles. The third-order valence-corrected chi connectivity index (χ3v) is 8.51. The highest BCUT2D eigenvalue weighted by atomic mass is 32.1. The fraction of sp³-hybridized carbons (Fsp3) is 0.241. The number of nitrogens with zero attached hydrogens (tertiary/aromatic N) is 2. The Balaban J connectivity index is 1.48. The highest BCUT2D eigenvalue weighted by Gasteiger charge is 2.36. The molecular weight excluding hydrogens is 508 g/mol. The maximum atomic E-state index is 14.4. The van der Waals surface area contributed by atoms with E-state index in [0.717, 1.165) is 48.0 Å². The molecule has 0 radical (unpaired) electrons. The summed E-state index contributed by atoms with van der Waals surface area (Å²) in [5.74, 6) is -1.93. The Hall–Kier alpha value is -3.98. The first-order valence-electron chi connectivity index (χ1n) is 12.5. The van der Waals surface area contributed by atoms with E-state index in [9.17, 15) is 18.4 Å². The van der Waals surface area contributed by atoms with Crippen molar-refractivity contribution < 1.29 is 23.1 Å². The van der Waals surface area contributed by atoms with Crippen molar-refractivity contribution in [2.24, 2.45) is 0 Å². The molecule has 0 saturated carbocycles. The van der Waals surface area contributed by atoms with Gasteiger partial charge in [0.25, 0.3) is 0 Å². The van der Waals surface area contributed by atoms with Gasteiger partial charge in [-0.3, -0.25) is 0 Å². The van der Waals surface area contributed by atoms with Gasteiger partial charge in [0, 0.05) is 28.4 Å². The number of ether oxygens (including phenoxy) is 1. The zero-order valence-electron chi connectivity index (χ0n) is 20.7. The molecule has 6 nitrogen and oxygen atoms in total. The van der Waals surface area contributed by atoms with E-state index in [4.69, 9.17) is 4.74 Å². The van der Waals surface area contributed by atoms with Gasteiger partial charge >= 0.3 is 12.0 Å². The van der Waals surface area contributed by atoms with Crippen molar-refractivity contribution in [1.82, 2.24) is 9.47 Å². The number of hydrogen-bond donors (Lipinski definition) is 1. The average molecular weight is 534 g/mol. The van der Waals surface area contributed by atoms with Gasteiger partial charge in [0.1, 0.15) is 22.7 Å². The topological polar surface area (TPSA) is 63.6 Å². The number of aromatic nitrogens is 1. The molecule has 2 aliphatic rings. The number of thiophene rings is 1. The lowest BCUT2D eigenvalue weighted by atomic mass is 9.95. The molecule has 2 aromatic heterocycles. The molecule has 6 rings (SSSR count). The fourth-order valence-electron chi connectivity index (χ4n) is 5.51. The lowest BCUT2D eigenvalue weighted by Gasteiger charge is -2.31. The first kappa shape index (κ1) is 24.4. The number of esters is 1. The van der Waals surface area contributed by atoms with E-state index in [1.807, 2.05) is 18.3 Å². The van der Waals surface area contributed by atoms with E-state index in [2.05, 4.69) is 9.88 Å². The molecule has 0 saturated heterocycles. The van der Waals surface area contributed by atoms with Crippen molar-refractivity contribution in [3.05, 3.63) is 105 Å². The van der Waals surface area contributed by atoms with E-state index in [-0.39, 0.29) is 6.54 Å². The summed E-state index contributed by atoms with van der Waals surface area (Å²) in [6, 6.07) is 12.4. The van der Waals surface area contributed by atoms with Crippen molar-refractivity contribution in [3.8, 4) is 5.00 Å². The summed E-state index contributed by atoms with van der Waals surface area (Å²) in [6.07, 6.45) is 6.11. The van der Waals surface area contributed by atoms with E-state index in [1.165, 1.54) is 29.7 Å². The quantitative estimate of drug-likeness (QED) is 0.301. The minimum absolute atomic E-state index is 0.272. The summed E-state index contributed by atoms with van der Waals surface area (Å²) in [6.45, 7) is 0.272. The van der Waals surface area contributed by atoms with Crippen LogP contribution >= 0.6 is 11.3 Å². The second kappa shape index (κ2) is 9.72. The first-order valence-corrected chi connectivity index (χ1v) is 13.3. The molecule has 3 heterocycles. The molecule has 2 amide bonds. The van der Waals surface area contributed by atoms with Crippen LogP contribution in [0.2, 0.25) is 0 Å².